The van der Waals surface area contributed by atoms with Crippen LogP contribution in [-0.2, 0) is 13.0 Å². The third-order valence-electron chi connectivity index (χ3n) is 4.30. The van der Waals surface area contributed by atoms with E-state index in [1.165, 1.54) is 5.56 Å². The fourth-order valence-electron chi connectivity index (χ4n) is 2.59. The molecule has 1 aromatic heterocycles. The van der Waals surface area contributed by atoms with Crippen molar-refractivity contribution in [3.8, 4) is 5.75 Å². The minimum atomic E-state index is -0.147. The van der Waals surface area contributed by atoms with Gasteiger partial charge in [-0.1, -0.05) is 24.2 Å². The Morgan fingerprint density at radius 1 is 1.08 bits per heavy atom. The van der Waals surface area contributed by atoms with Crippen molar-refractivity contribution in [2.24, 2.45) is 0 Å². The summed E-state index contributed by atoms with van der Waals surface area (Å²) in [5, 5.41) is 6.81. The average Bonchev–Trinajstić information content (AvgIpc) is 2.99. The van der Waals surface area contributed by atoms with Gasteiger partial charge in [0.2, 0.25) is 0 Å². The Morgan fingerprint density at radius 3 is 2.35 bits per heavy atom. The smallest absolute Gasteiger partial charge is 0.255 e. The number of aromatic nitrogens is 1. The van der Waals surface area contributed by atoms with Crippen molar-refractivity contribution in [1.82, 2.24) is 5.16 Å². The van der Waals surface area contributed by atoms with E-state index < -0.39 is 0 Å². The zero-order chi connectivity index (χ0) is 18.5. The summed E-state index contributed by atoms with van der Waals surface area (Å²) in [7, 11) is 0. The molecule has 0 fully saturated rings. The first kappa shape index (κ1) is 17.7. The Labute approximate surface area is 153 Å². The van der Waals surface area contributed by atoms with E-state index in [4.69, 9.17) is 9.26 Å². The van der Waals surface area contributed by atoms with Crippen LogP contribution in [-0.4, -0.2) is 11.1 Å². The lowest BCUT2D eigenvalue weighted by Gasteiger charge is -2.08. The number of nitrogens with one attached hydrogen (secondary N) is 1. The van der Waals surface area contributed by atoms with Crippen LogP contribution in [0.1, 0.15) is 39.9 Å². The highest BCUT2D eigenvalue weighted by atomic mass is 16.5. The van der Waals surface area contributed by atoms with Crippen molar-refractivity contribution in [2.45, 2.75) is 33.8 Å². The van der Waals surface area contributed by atoms with Crippen molar-refractivity contribution in [1.29, 1.82) is 0 Å². The van der Waals surface area contributed by atoms with Gasteiger partial charge in [0.1, 0.15) is 18.1 Å². The second-order valence-electron chi connectivity index (χ2n) is 6.12. The zero-order valence-electron chi connectivity index (χ0n) is 15.2. The summed E-state index contributed by atoms with van der Waals surface area (Å²) in [6, 6.07) is 14.9. The van der Waals surface area contributed by atoms with Crippen molar-refractivity contribution in [2.75, 3.05) is 5.32 Å². The number of carbonyl (C=O) groups is 1. The third kappa shape index (κ3) is 4.11. The molecule has 0 radical (unpaired) electrons. The highest BCUT2D eigenvalue weighted by Gasteiger charge is 2.10. The Balaban J connectivity index is 1.60. The van der Waals surface area contributed by atoms with Gasteiger partial charge in [-0.2, -0.15) is 0 Å². The van der Waals surface area contributed by atoms with Crippen LogP contribution in [0.15, 0.2) is 53.1 Å². The zero-order valence-corrected chi connectivity index (χ0v) is 15.2. The van der Waals surface area contributed by atoms with Crippen LogP contribution in [0.4, 0.5) is 5.69 Å². The summed E-state index contributed by atoms with van der Waals surface area (Å²) in [4.78, 5) is 12.3. The molecule has 1 heterocycles. The Hall–Kier alpha value is -3.08. The Morgan fingerprint density at radius 2 is 1.77 bits per heavy atom. The first-order valence-corrected chi connectivity index (χ1v) is 8.61. The Kier molecular flexibility index (Phi) is 5.37. The first-order valence-electron chi connectivity index (χ1n) is 8.61. The van der Waals surface area contributed by atoms with Crippen LogP contribution in [0.2, 0.25) is 0 Å². The summed E-state index contributed by atoms with van der Waals surface area (Å²) in [6.07, 6.45) is 0.976. The van der Waals surface area contributed by atoms with Crippen LogP contribution in [0.25, 0.3) is 0 Å². The van der Waals surface area contributed by atoms with Gasteiger partial charge >= 0.3 is 0 Å². The topological polar surface area (TPSA) is 64.4 Å². The van der Waals surface area contributed by atoms with E-state index in [0.29, 0.717) is 17.9 Å². The molecule has 0 saturated carbocycles. The van der Waals surface area contributed by atoms with Crippen LogP contribution < -0.4 is 10.1 Å². The molecule has 0 saturated heterocycles. The summed E-state index contributed by atoms with van der Waals surface area (Å²) in [5.74, 6) is 1.30. The normalized spacial score (nSPS) is 10.6. The number of aryl methyl sites for hydroxylation is 3. The predicted octanol–water partition coefficient (Wildman–Crippen LogP) is 4.69. The molecule has 0 unspecified atom stereocenters. The minimum absolute atomic E-state index is 0.147. The van der Waals surface area contributed by atoms with E-state index in [0.717, 1.165) is 29.1 Å². The van der Waals surface area contributed by atoms with Gasteiger partial charge in [-0.3, -0.25) is 4.79 Å². The van der Waals surface area contributed by atoms with E-state index in [9.17, 15) is 4.79 Å². The fourth-order valence-corrected chi connectivity index (χ4v) is 2.59. The highest BCUT2D eigenvalue weighted by Crippen LogP contribution is 2.19. The van der Waals surface area contributed by atoms with E-state index in [1.807, 2.05) is 38.1 Å². The lowest BCUT2D eigenvalue weighted by molar-refractivity contribution is 0.102. The van der Waals surface area contributed by atoms with Crippen molar-refractivity contribution in [3.05, 3.63) is 76.7 Å². The summed E-state index contributed by atoms with van der Waals surface area (Å²) < 4.78 is 10.9. The highest BCUT2D eigenvalue weighted by molar-refractivity contribution is 6.04. The number of nitrogens with zero attached hydrogens (tertiary/aromatic N) is 1. The number of anilines is 1. The van der Waals surface area contributed by atoms with E-state index in [1.54, 1.807) is 24.3 Å². The van der Waals surface area contributed by atoms with Gasteiger partial charge in [-0.15, -0.1) is 0 Å². The van der Waals surface area contributed by atoms with Gasteiger partial charge in [0.15, 0.2) is 0 Å². The SMILES string of the molecule is CCc1ccc(NC(=O)c2ccc(OCc3c(C)noc3C)cc2)cc1. The molecular weight excluding hydrogens is 328 g/mol. The van der Waals surface area contributed by atoms with Gasteiger partial charge in [0.05, 0.1) is 11.3 Å². The molecule has 3 rings (SSSR count). The maximum Gasteiger partial charge on any atom is 0.255 e. The van der Waals surface area contributed by atoms with Crippen molar-refractivity contribution < 1.29 is 14.1 Å². The molecule has 0 spiro atoms. The number of carbonyl (C=O) groups excluding carboxylic acids is 1. The van der Waals surface area contributed by atoms with E-state index >= 15 is 0 Å². The second-order valence-corrected chi connectivity index (χ2v) is 6.12. The minimum Gasteiger partial charge on any atom is -0.489 e. The molecule has 2 aromatic carbocycles. The van der Waals surface area contributed by atoms with Crippen LogP contribution in [0.5, 0.6) is 5.75 Å². The van der Waals surface area contributed by atoms with Crippen molar-refractivity contribution >= 4 is 11.6 Å². The van der Waals surface area contributed by atoms with Crippen LogP contribution in [0, 0.1) is 13.8 Å². The number of hydrogen-bond donors (Lipinski definition) is 1. The molecule has 0 bridgehead atoms. The summed E-state index contributed by atoms with van der Waals surface area (Å²) in [6.45, 7) is 6.23. The molecule has 0 aliphatic rings. The number of ether oxygens (including phenoxy) is 1. The number of rotatable bonds is 6. The molecule has 5 heteroatoms. The molecule has 3 aromatic rings. The molecule has 1 N–H and O–H groups in total. The van der Waals surface area contributed by atoms with Gasteiger partial charge in [0, 0.05) is 11.3 Å². The quantitative estimate of drug-likeness (QED) is 0.701. The molecule has 0 aliphatic carbocycles. The van der Waals surface area contributed by atoms with E-state index in [2.05, 4.69) is 17.4 Å². The molecule has 5 nitrogen and oxygen atoms in total. The molecular formula is C21H22N2O3. The number of benzene rings is 2. The lowest BCUT2D eigenvalue weighted by Crippen LogP contribution is -2.11. The first-order chi connectivity index (χ1) is 12.6. The summed E-state index contributed by atoms with van der Waals surface area (Å²) in [5.41, 5.74) is 4.37. The Bertz CT molecular complexity index is 861. The third-order valence-corrected chi connectivity index (χ3v) is 4.30. The molecule has 0 atom stereocenters. The predicted molar refractivity (Wildman–Crippen MR) is 101 cm³/mol. The van der Waals surface area contributed by atoms with E-state index in [-0.39, 0.29) is 5.91 Å². The lowest BCUT2D eigenvalue weighted by atomic mass is 10.1. The average molecular weight is 350 g/mol. The monoisotopic (exact) mass is 350 g/mol. The molecule has 26 heavy (non-hydrogen) atoms. The van der Waals surface area contributed by atoms with Gasteiger partial charge < -0.3 is 14.6 Å². The second kappa shape index (κ2) is 7.87. The van der Waals surface area contributed by atoms with Crippen LogP contribution in [0.3, 0.4) is 0 Å². The van der Waals surface area contributed by atoms with Crippen molar-refractivity contribution in [3.63, 3.8) is 0 Å². The molecule has 0 aliphatic heterocycles. The molecule has 134 valence electrons. The summed E-state index contributed by atoms with van der Waals surface area (Å²) >= 11 is 0. The van der Waals surface area contributed by atoms with Gasteiger partial charge in [-0.25, -0.2) is 0 Å². The van der Waals surface area contributed by atoms with Crippen LogP contribution >= 0.6 is 0 Å². The van der Waals surface area contributed by atoms with Gasteiger partial charge in [0.25, 0.3) is 5.91 Å². The number of hydrogen-bond acceptors (Lipinski definition) is 4. The standard InChI is InChI=1S/C21H22N2O3/c1-4-16-5-9-18(10-6-16)22-21(24)17-7-11-19(12-8-17)25-13-20-14(2)23-26-15(20)3/h5-12H,4,13H2,1-3H3,(H,22,24). The molecule has 1 amide bonds. The van der Waals surface area contributed by atoms with Gasteiger partial charge in [-0.05, 0) is 62.2 Å². The maximum atomic E-state index is 12.3. The number of amides is 1. The fraction of sp³-hybridized carbons (Fsp3) is 0.238. The maximum absolute atomic E-state index is 12.3. The largest absolute Gasteiger partial charge is 0.489 e.